The zero-order valence-corrected chi connectivity index (χ0v) is 12.2. The van der Waals surface area contributed by atoms with Crippen LogP contribution in [0.4, 0.5) is 0 Å². The maximum atomic E-state index is 12.3. The molecule has 1 aromatic carbocycles. The zero-order valence-electron chi connectivity index (χ0n) is 12.2. The van der Waals surface area contributed by atoms with Crippen LogP contribution in [0, 0.1) is 0 Å². The summed E-state index contributed by atoms with van der Waals surface area (Å²) in [4.78, 5) is 24.1. The summed E-state index contributed by atoms with van der Waals surface area (Å²) in [5, 5.41) is 7.58. The molecule has 6 nitrogen and oxygen atoms in total. The molecule has 0 aliphatic rings. The van der Waals surface area contributed by atoms with Gasteiger partial charge in [-0.05, 0) is 32.9 Å². The van der Waals surface area contributed by atoms with E-state index < -0.39 is 11.6 Å². The molecule has 0 unspecified atom stereocenters. The standard InChI is InChI=1S/C15H17N3O3/c1-15(2,3)21-14(20)10-13(19)11-6-4-5-7-12(11)18-9-8-16-17-18/h4-9H,10H2,1-3H3. The third-order valence-corrected chi connectivity index (χ3v) is 2.60. The fraction of sp³-hybridized carbons (Fsp3) is 0.333. The van der Waals surface area contributed by atoms with Crippen LogP contribution >= 0.6 is 0 Å². The Morgan fingerprint density at radius 1 is 1.24 bits per heavy atom. The van der Waals surface area contributed by atoms with E-state index in [9.17, 15) is 9.59 Å². The van der Waals surface area contributed by atoms with Gasteiger partial charge in [-0.25, -0.2) is 4.68 Å². The minimum Gasteiger partial charge on any atom is -0.460 e. The van der Waals surface area contributed by atoms with Gasteiger partial charge in [0, 0.05) is 5.56 Å². The zero-order chi connectivity index (χ0) is 15.5. The maximum absolute atomic E-state index is 12.3. The second-order valence-corrected chi connectivity index (χ2v) is 5.55. The highest BCUT2D eigenvalue weighted by molar-refractivity contribution is 6.08. The van der Waals surface area contributed by atoms with Crippen LogP contribution in [0.5, 0.6) is 0 Å². The predicted octanol–water partition coefficient (Wildman–Crippen LogP) is 2.18. The van der Waals surface area contributed by atoms with Gasteiger partial charge in [0.2, 0.25) is 0 Å². The van der Waals surface area contributed by atoms with E-state index in [1.807, 2.05) is 0 Å². The summed E-state index contributed by atoms with van der Waals surface area (Å²) >= 11 is 0. The number of hydrogen-bond donors (Lipinski definition) is 0. The number of Topliss-reactive ketones (excluding diaryl/α,β-unsaturated/α-hetero) is 1. The second-order valence-electron chi connectivity index (χ2n) is 5.55. The predicted molar refractivity (Wildman–Crippen MR) is 76.2 cm³/mol. The molecule has 2 rings (SSSR count). The number of para-hydroxylation sites is 1. The molecule has 0 aliphatic carbocycles. The van der Waals surface area contributed by atoms with Crippen molar-refractivity contribution in [3.8, 4) is 5.69 Å². The first-order valence-corrected chi connectivity index (χ1v) is 6.57. The van der Waals surface area contributed by atoms with Crippen molar-refractivity contribution in [1.82, 2.24) is 15.0 Å². The van der Waals surface area contributed by atoms with E-state index in [1.165, 1.54) is 10.9 Å². The molecule has 2 aromatic rings. The number of nitrogens with zero attached hydrogens (tertiary/aromatic N) is 3. The number of carbonyl (C=O) groups excluding carboxylic acids is 2. The maximum Gasteiger partial charge on any atom is 0.314 e. The van der Waals surface area contributed by atoms with Gasteiger partial charge in [-0.3, -0.25) is 9.59 Å². The fourth-order valence-corrected chi connectivity index (χ4v) is 1.85. The average molecular weight is 287 g/mol. The van der Waals surface area contributed by atoms with Gasteiger partial charge in [-0.1, -0.05) is 17.3 Å². The molecule has 6 heteroatoms. The van der Waals surface area contributed by atoms with Crippen molar-refractivity contribution in [2.24, 2.45) is 0 Å². The molecule has 0 amide bonds. The lowest BCUT2D eigenvalue weighted by Crippen LogP contribution is -2.25. The van der Waals surface area contributed by atoms with Gasteiger partial charge in [0.15, 0.2) is 5.78 Å². The summed E-state index contributed by atoms with van der Waals surface area (Å²) in [7, 11) is 0. The van der Waals surface area contributed by atoms with E-state index in [0.29, 0.717) is 11.3 Å². The molecule has 1 aromatic heterocycles. The molecule has 0 atom stereocenters. The summed E-state index contributed by atoms with van der Waals surface area (Å²) in [6, 6.07) is 6.94. The summed E-state index contributed by atoms with van der Waals surface area (Å²) in [6.07, 6.45) is 2.86. The topological polar surface area (TPSA) is 74.1 Å². The van der Waals surface area contributed by atoms with Crippen molar-refractivity contribution in [3.63, 3.8) is 0 Å². The molecule has 21 heavy (non-hydrogen) atoms. The first-order chi connectivity index (χ1) is 9.87. The number of carbonyl (C=O) groups is 2. The van der Waals surface area contributed by atoms with E-state index in [4.69, 9.17) is 4.74 Å². The quantitative estimate of drug-likeness (QED) is 0.489. The van der Waals surface area contributed by atoms with Crippen LogP contribution in [-0.2, 0) is 9.53 Å². The first kappa shape index (κ1) is 14.9. The van der Waals surface area contributed by atoms with E-state index in [1.54, 1.807) is 51.2 Å². The summed E-state index contributed by atoms with van der Waals surface area (Å²) < 4.78 is 6.65. The number of rotatable bonds is 4. The highest BCUT2D eigenvalue weighted by Gasteiger charge is 2.21. The van der Waals surface area contributed by atoms with Gasteiger partial charge in [-0.15, -0.1) is 5.10 Å². The Hall–Kier alpha value is -2.50. The van der Waals surface area contributed by atoms with Crippen molar-refractivity contribution in [3.05, 3.63) is 42.2 Å². The van der Waals surface area contributed by atoms with Crippen molar-refractivity contribution in [1.29, 1.82) is 0 Å². The number of ether oxygens (including phenoxy) is 1. The molecule has 0 bridgehead atoms. The largest absolute Gasteiger partial charge is 0.460 e. The minimum atomic E-state index is -0.608. The highest BCUT2D eigenvalue weighted by atomic mass is 16.6. The highest BCUT2D eigenvalue weighted by Crippen LogP contribution is 2.16. The SMILES string of the molecule is CC(C)(C)OC(=O)CC(=O)c1ccccc1-n1ccnn1. The van der Waals surface area contributed by atoms with Gasteiger partial charge in [0.25, 0.3) is 0 Å². The lowest BCUT2D eigenvalue weighted by atomic mass is 10.1. The molecule has 1 heterocycles. The molecule has 0 aliphatic heterocycles. The summed E-state index contributed by atoms with van der Waals surface area (Å²) in [5.41, 5.74) is 0.389. The molecule has 0 fully saturated rings. The van der Waals surface area contributed by atoms with Gasteiger partial charge in [0.05, 0.1) is 18.1 Å². The number of ketones is 1. The lowest BCUT2D eigenvalue weighted by molar-refractivity contribution is -0.153. The second kappa shape index (κ2) is 5.87. The van der Waals surface area contributed by atoms with Crippen LogP contribution < -0.4 is 0 Å². The van der Waals surface area contributed by atoms with Crippen molar-refractivity contribution >= 4 is 11.8 Å². The third-order valence-electron chi connectivity index (χ3n) is 2.60. The number of aromatic nitrogens is 3. The van der Waals surface area contributed by atoms with E-state index in [0.717, 1.165) is 0 Å². The van der Waals surface area contributed by atoms with Crippen LogP contribution in [0.15, 0.2) is 36.7 Å². The Labute approximate surface area is 122 Å². The molecule has 0 N–H and O–H groups in total. The Bertz CT molecular complexity index is 642. The van der Waals surface area contributed by atoms with E-state index >= 15 is 0 Å². The Kier molecular flexibility index (Phi) is 4.16. The van der Waals surface area contributed by atoms with E-state index in [-0.39, 0.29) is 12.2 Å². The molecule has 0 saturated carbocycles. The Morgan fingerprint density at radius 3 is 2.57 bits per heavy atom. The van der Waals surface area contributed by atoms with Crippen molar-refractivity contribution in [2.75, 3.05) is 0 Å². The Morgan fingerprint density at radius 2 is 1.95 bits per heavy atom. The third kappa shape index (κ3) is 3.98. The van der Waals surface area contributed by atoms with Gasteiger partial charge < -0.3 is 4.74 Å². The number of hydrogen-bond acceptors (Lipinski definition) is 5. The smallest absolute Gasteiger partial charge is 0.314 e. The normalized spacial score (nSPS) is 11.2. The number of esters is 1. The molecule has 0 spiro atoms. The van der Waals surface area contributed by atoms with E-state index in [2.05, 4.69) is 10.3 Å². The van der Waals surface area contributed by atoms with Gasteiger partial charge >= 0.3 is 5.97 Å². The Balaban J connectivity index is 2.19. The van der Waals surface area contributed by atoms with Gasteiger partial charge in [-0.2, -0.15) is 0 Å². The van der Waals surface area contributed by atoms with Crippen LogP contribution in [-0.4, -0.2) is 32.3 Å². The average Bonchev–Trinajstić information content (AvgIpc) is 2.90. The minimum absolute atomic E-state index is 0.303. The summed E-state index contributed by atoms with van der Waals surface area (Å²) in [6.45, 7) is 5.29. The van der Waals surface area contributed by atoms with Crippen LogP contribution in [0.3, 0.4) is 0 Å². The van der Waals surface area contributed by atoms with Gasteiger partial charge in [0.1, 0.15) is 12.0 Å². The summed E-state index contributed by atoms with van der Waals surface area (Å²) in [5.74, 6) is -0.851. The monoisotopic (exact) mass is 287 g/mol. The van der Waals surface area contributed by atoms with Crippen molar-refractivity contribution in [2.45, 2.75) is 32.8 Å². The molecular formula is C15H17N3O3. The van der Waals surface area contributed by atoms with Crippen molar-refractivity contribution < 1.29 is 14.3 Å². The molecule has 0 saturated heterocycles. The molecule has 110 valence electrons. The molecule has 0 radical (unpaired) electrons. The lowest BCUT2D eigenvalue weighted by Gasteiger charge is -2.19. The van der Waals surface area contributed by atoms with Crippen LogP contribution in [0.1, 0.15) is 37.6 Å². The number of benzene rings is 1. The molecular weight excluding hydrogens is 270 g/mol. The first-order valence-electron chi connectivity index (χ1n) is 6.57. The fourth-order valence-electron chi connectivity index (χ4n) is 1.85. The van der Waals surface area contributed by atoms with Crippen LogP contribution in [0.25, 0.3) is 5.69 Å². The van der Waals surface area contributed by atoms with Crippen LogP contribution in [0.2, 0.25) is 0 Å².